The molecule has 0 spiro atoms. The first kappa shape index (κ1) is 24.5. The number of pyridine rings is 1. The number of thiazole rings is 1. The summed E-state index contributed by atoms with van der Waals surface area (Å²) in [4.78, 5) is 24.5. The maximum Gasteiger partial charge on any atom is 0.247 e. The second-order valence-electron chi connectivity index (χ2n) is 8.86. The van der Waals surface area contributed by atoms with Crippen LogP contribution in [0.25, 0.3) is 10.2 Å². The van der Waals surface area contributed by atoms with Crippen LogP contribution in [0.15, 0.2) is 65.8 Å². The summed E-state index contributed by atoms with van der Waals surface area (Å²) in [5, 5.41) is 0.513. The van der Waals surface area contributed by atoms with Crippen LogP contribution < -0.4 is 4.90 Å². The molecule has 0 radical (unpaired) electrons. The van der Waals surface area contributed by atoms with E-state index >= 15 is 0 Å². The van der Waals surface area contributed by atoms with Gasteiger partial charge in [-0.2, -0.15) is 4.31 Å². The summed E-state index contributed by atoms with van der Waals surface area (Å²) < 4.78 is 42.4. The van der Waals surface area contributed by atoms with Crippen molar-refractivity contribution < 1.29 is 17.6 Å². The van der Waals surface area contributed by atoms with Gasteiger partial charge in [-0.3, -0.25) is 14.7 Å². The van der Waals surface area contributed by atoms with Crippen molar-refractivity contribution >= 4 is 42.6 Å². The Hall–Kier alpha value is -3.21. The molecule has 1 fully saturated rings. The highest BCUT2D eigenvalue weighted by molar-refractivity contribution is 7.89. The van der Waals surface area contributed by atoms with Crippen LogP contribution in [0.2, 0.25) is 0 Å². The summed E-state index contributed by atoms with van der Waals surface area (Å²) >= 11 is 1.41. The van der Waals surface area contributed by atoms with Crippen molar-refractivity contribution in [3.63, 3.8) is 0 Å². The number of hydrogen-bond acceptors (Lipinski definition) is 6. The van der Waals surface area contributed by atoms with E-state index in [-0.39, 0.29) is 23.9 Å². The van der Waals surface area contributed by atoms with Gasteiger partial charge in [0.1, 0.15) is 11.9 Å². The lowest BCUT2D eigenvalue weighted by Gasteiger charge is -2.28. The minimum absolute atomic E-state index is 0.0338. The highest BCUT2D eigenvalue weighted by Crippen LogP contribution is 2.35. The fourth-order valence-corrected chi connectivity index (χ4v) is 7.12. The van der Waals surface area contributed by atoms with Gasteiger partial charge in [-0.25, -0.2) is 17.8 Å². The summed E-state index contributed by atoms with van der Waals surface area (Å²) in [6.45, 7) is 4.45. The molecule has 1 unspecified atom stereocenters. The Morgan fingerprint density at radius 3 is 2.67 bits per heavy atom. The SMILES string of the molecule is Cc1ccc2sc(N(Cc3cccnc3)C(=O)C3CCCN3S(=O)(=O)c3ccc(F)cc3)nc2c1C. The first-order chi connectivity index (χ1) is 17.3. The van der Waals surface area contributed by atoms with E-state index in [9.17, 15) is 17.6 Å². The van der Waals surface area contributed by atoms with Crippen LogP contribution in [0.1, 0.15) is 29.5 Å². The lowest BCUT2D eigenvalue weighted by Crippen LogP contribution is -2.47. The van der Waals surface area contributed by atoms with E-state index in [1.807, 2.05) is 32.0 Å². The van der Waals surface area contributed by atoms with Gasteiger partial charge in [0, 0.05) is 18.9 Å². The van der Waals surface area contributed by atoms with Crippen LogP contribution in [0.3, 0.4) is 0 Å². The predicted octanol–water partition coefficient (Wildman–Crippen LogP) is 4.83. The third kappa shape index (κ3) is 4.52. The van der Waals surface area contributed by atoms with E-state index in [2.05, 4.69) is 4.98 Å². The van der Waals surface area contributed by atoms with E-state index in [1.165, 1.54) is 27.8 Å². The molecule has 0 saturated carbocycles. The number of nitrogens with zero attached hydrogens (tertiary/aromatic N) is 4. The second-order valence-corrected chi connectivity index (χ2v) is 11.8. The Balaban J connectivity index is 1.54. The van der Waals surface area contributed by atoms with E-state index in [1.54, 1.807) is 23.4 Å². The van der Waals surface area contributed by atoms with Crippen LogP contribution >= 0.6 is 11.3 Å². The van der Waals surface area contributed by atoms with E-state index in [4.69, 9.17) is 4.98 Å². The van der Waals surface area contributed by atoms with Gasteiger partial charge in [0.05, 0.1) is 21.7 Å². The monoisotopic (exact) mass is 524 g/mol. The Labute approximate surface area is 213 Å². The number of aryl methyl sites for hydroxylation is 2. The standard InChI is InChI=1S/C26H25FN4O3S2/c1-17-7-12-23-24(18(17)2)29-26(35-23)30(16-19-5-3-13-28-15-19)25(32)22-6-4-14-31(22)36(33,34)21-10-8-20(27)9-11-21/h3,5,7-13,15,22H,4,6,14,16H2,1-2H3. The third-order valence-electron chi connectivity index (χ3n) is 6.54. The van der Waals surface area contributed by atoms with Crippen molar-refractivity contribution in [1.82, 2.24) is 14.3 Å². The maximum atomic E-state index is 14.0. The second kappa shape index (κ2) is 9.68. The molecule has 1 aliphatic rings. The number of fused-ring (bicyclic) bond motifs is 1. The van der Waals surface area contributed by atoms with Crippen molar-refractivity contribution in [1.29, 1.82) is 0 Å². The molecule has 3 heterocycles. The summed E-state index contributed by atoms with van der Waals surface area (Å²) in [7, 11) is -3.99. The van der Waals surface area contributed by atoms with E-state index < -0.39 is 21.9 Å². The largest absolute Gasteiger partial charge is 0.282 e. The van der Waals surface area contributed by atoms with Gasteiger partial charge in [-0.15, -0.1) is 0 Å². The Morgan fingerprint density at radius 1 is 1.17 bits per heavy atom. The van der Waals surface area contributed by atoms with Gasteiger partial charge >= 0.3 is 0 Å². The van der Waals surface area contributed by atoms with Crippen LogP contribution in [-0.2, 0) is 21.4 Å². The molecule has 36 heavy (non-hydrogen) atoms. The molecule has 0 N–H and O–H groups in total. The molecule has 7 nitrogen and oxygen atoms in total. The number of hydrogen-bond donors (Lipinski definition) is 0. The highest BCUT2D eigenvalue weighted by Gasteiger charge is 2.42. The van der Waals surface area contributed by atoms with Gasteiger partial charge in [0.15, 0.2) is 5.13 Å². The minimum Gasteiger partial charge on any atom is -0.282 e. The molecule has 5 rings (SSSR count). The number of carbonyl (C=O) groups excluding carboxylic acids is 1. The molecule has 1 atom stereocenters. The van der Waals surface area contributed by atoms with E-state index in [0.717, 1.165) is 39.0 Å². The topological polar surface area (TPSA) is 83.5 Å². The van der Waals surface area contributed by atoms with Crippen LogP contribution in [-0.4, -0.2) is 41.2 Å². The molecule has 0 aliphatic carbocycles. The molecule has 1 saturated heterocycles. The lowest BCUT2D eigenvalue weighted by molar-refractivity contribution is -0.121. The summed E-state index contributed by atoms with van der Waals surface area (Å²) in [5.74, 6) is -0.859. The van der Waals surface area contributed by atoms with Crippen molar-refractivity contribution in [3.8, 4) is 0 Å². The summed E-state index contributed by atoms with van der Waals surface area (Å²) in [6, 6.07) is 11.5. The van der Waals surface area contributed by atoms with Crippen molar-refractivity contribution in [2.24, 2.45) is 0 Å². The van der Waals surface area contributed by atoms with Crippen molar-refractivity contribution in [3.05, 3.63) is 83.4 Å². The number of sulfonamides is 1. The normalized spacial score (nSPS) is 16.5. The number of benzene rings is 2. The molecule has 1 amide bonds. The average Bonchev–Trinajstić information content (AvgIpc) is 3.54. The van der Waals surface area contributed by atoms with Gasteiger partial charge in [-0.1, -0.05) is 23.5 Å². The molecule has 186 valence electrons. The van der Waals surface area contributed by atoms with Gasteiger partial charge < -0.3 is 0 Å². The molecule has 1 aliphatic heterocycles. The zero-order valence-electron chi connectivity index (χ0n) is 19.9. The number of amides is 1. The highest BCUT2D eigenvalue weighted by atomic mass is 32.2. The van der Waals surface area contributed by atoms with Crippen LogP contribution in [0, 0.1) is 19.7 Å². The fourth-order valence-electron chi connectivity index (χ4n) is 4.44. The van der Waals surface area contributed by atoms with Crippen molar-refractivity contribution in [2.75, 3.05) is 11.4 Å². The average molecular weight is 525 g/mol. The fraction of sp³-hybridized carbons (Fsp3) is 0.269. The first-order valence-corrected chi connectivity index (χ1v) is 13.9. The van der Waals surface area contributed by atoms with Gasteiger partial charge in [0.25, 0.3) is 0 Å². The first-order valence-electron chi connectivity index (χ1n) is 11.6. The zero-order valence-corrected chi connectivity index (χ0v) is 21.5. The molecule has 4 aromatic rings. The summed E-state index contributed by atoms with van der Waals surface area (Å²) in [5.41, 5.74) is 3.80. The maximum absolute atomic E-state index is 14.0. The molecule has 0 bridgehead atoms. The Bertz CT molecular complexity index is 1520. The Morgan fingerprint density at radius 2 is 1.94 bits per heavy atom. The molecule has 2 aromatic heterocycles. The molecule has 2 aromatic carbocycles. The number of aromatic nitrogens is 2. The van der Waals surface area contributed by atoms with Crippen molar-refractivity contribution in [2.45, 2.75) is 44.2 Å². The molecular weight excluding hydrogens is 499 g/mol. The quantitative estimate of drug-likeness (QED) is 0.361. The molecule has 10 heteroatoms. The number of halogens is 1. The lowest BCUT2D eigenvalue weighted by atomic mass is 10.1. The van der Waals surface area contributed by atoms with Crippen LogP contribution in [0.5, 0.6) is 0 Å². The number of anilines is 1. The predicted molar refractivity (Wildman–Crippen MR) is 138 cm³/mol. The number of carbonyl (C=O) groups is 1. The van der Waals surface area contributed by atoms with Crippen LogP contribution in [0.4, 0.5) is 9.52 Å². The number of rotatable bonds is 6. The third-order valence-corrected chi connectivity index (χ3v) is 9.51. The van der Waals surface area contributed by atoms with Gasteiger partial charge in [-0.05, 0) is 79.8 Å². The summed E-state index contributed by atoms with van der Waals surface area (Å²) in [6.07, 6.45) is 4.29. The van der Waals surface area contributed by atoms with E-state index in [0.29, 0.717) is 18.0 Å². The zero-order chi connectivity index (χ0) is 25.4. The minimum atomic E-state index is -3.99. The smallest absolute Gasteiger partial charge is 0.247 e. The molecular formula is C26H25FN4O3S2. The van der Waals surface area contributed by atoms with Gasteiger partial charge in [0.2, 0.25) is 15.9 Å². The Kier molecular flexibility index (Phi) is 6.59.